The van der Waals surface area contributed by atoms with Gasteiger partial charge in [0.1, 0.15) is 5.75 Å². The highest BCUT2D eigenvalue weighted by Crippen LogP contribution is 2.19. The van der Waals surface area contributed by atoms with Crippen LogP contribution >= 0.6 is 24.0 Å². The Kier molecular flexibility index (Phi) is 10.3. The fourth-order valence-corrected chi connectivity index (χ4v) is 3.03. The van der Waals surface area contributed by atoms with Gasteiger partial charge in [-0.25, -0.2) is 0 Å². The molecule has 2 N–H and O–H groups in total. The van der Waals surface area contributed by atoms with Gasteiger partial charge in [-0.05, 0) is 32.5 Å². The maximum Gasteiger partial charge on any atom is 0.191 e. The molecule has 1 heterocycles. The van der Waals surface area contributed by atoms with Crippen LogP contribution in [0.3, 0.4) is 0 Å². The van der Waals surface area contributed by atoms with Crippen LogP contribution in [-0.4, -0.2) is 75.7 Å². The number of likely N-dealkylation sites (N-methyl/N-ethyl adjacent to an activating group) is 1. The first-order valence-corrected chi connectivity index (χ1v) is 9.04. The van der Waals surface area contributed by atoms with Crippen molar-refractivity contribution in [1.29, 1.82) is 0 Å². The number of nitrogens with one attached hydrogen (secondary N) is 2. The van der Waals surface area contributed by atoms with E-state index in [0.29, 0.717) is 12.6 Å². The lowest BCUT2D eigenvalue weighted by atomic mass is 10.1. The highest BCUT2D eigenvalue weighted by molar-refractivity contribution is 14.0. The predicted octanol–water partition coefficient (Wildman–Crippen LogP) is 1.92. The van der Waals surface area contributed by atoms with Gasteiger partial charge < -0.3 is 20.3 Å². The molecule has 148 valence electrons. The van der Waals surface area contributed by atoms with Gasteiger partial charge in [0, 0.05) is 57.9 Å². The Morgan fingerprint density at radius 2 is 1.92 bits per heavy atom. The summed E-state index contributed by atoms with van der Waals surface area (Å²) in [6.07, 6.45) is 0. The molecule has 6 nitrogen and oxygen atoms in total. The summed E-state index contributed by atoms with van der Waals surface area (Å²) < 4.78 is 5.47. The van der Waals surface area contributed by atoms with E-state index in [2.05, 4.69) is 64.5 Å². The number of methoxy groups -OCH3 is 1. The molecule has 1 aliphatic rings. The van der Waals surface area contributed by atoms with Crippen LogP contribution in [0.2, 0.25) is 0 Å². The van der Waals surface area contributed by atoms with Crippen LogP contribution in [0.25, 0.3) is 0 Å². The summed E-state index contributed by atoms with van der Waals surface area (Å²) in [5, 5.41) is 6.82. The quantitative estimate of drug-likeness (QED) is 0.374. The molecule has 0 amide bonds. The van der Waals surface area contributed by atoms with Crippen LogP contribution < -0.4 is 15.4 Å². The van der Waals surface area contributed by atoms with Gasteiger partial charge in [-0.1, -0.05) is 12.1 Å². The summed E-state index contributed by atoms with van der Waals surface area (Å²) in [7, 11) is 5.71. The van der Waals surface area contributed by atoms with Crippen LogP contribution in [0, 0.1) is 6.92 Å². The Hall–Kier alpha value is -1.06. The molecule has 1 atom stereocenters. The summed E-state index contributed by atoms with van der Waals surface area (Å²) >= 11 is 0. The topological polar surface area (TPSA) is 52.1 Å². The Bertz CT molecular complexity index is 573. The van der Waals surface area contributed by atoms with E-state index in [4.69, 9.17) is 4.74 Å². The summed E-state index contributed by atoms with van der Waals surface area (Å²) in [5.74, 6) is 1.73. The highest BCUT2D eigenvalue weighted by Gasteiger charge is 2.19. The molecule has 0 aliphatic carbocycles. The number of aryl methyl sites for hydroxylation is 1. The van der Waals surface area contributed by atoms with E-state index in [1.54, 1.807) is 7.11 Å². The van der Waals surface area contributed by atoms with Crippen LogP contribution in [0.4, 0.5) is 0 Å². The molecular formula is C19H34IN5O. The van der Waals surface area contributed by atoms with Gasteiger partial charge in [0.15, 0.2) is 5.96 Å². The largest absolute Gasteiger partial charge is 0.496 e. The lowest BCUT2D eigenvalue weighted by molar-refractivity contribution is 0.120. The number of aliphatic imine (C=N–C) groups is 1. The van der Waals surface area contributed by atoms with Gasteiger partial charge in [-0.2, -0.15) is 0 Å². The molecule has 1 aromatic rings. The van der Waals surface area contributed by atoms with Gasteiger partial charge in [-0.3, -0.25) is 9.89 Å². The molecule has 1 aliphatic heterocycles. The highest BCUT2D eigenvalue weighted by atomic mass is 127. The van der Waals surface area contributed by atoms with E-state index in [-0.39, 0.29) is 24.0 Å². The van der Waals surface area contributed by atoms with Gasteiger partial charge in [-0.15, -0.1) is 24.0 Å². The number of rotatable bonds is 6. The molecule has 0 radical (unpaired) electrons. The molecule has 2 rings (SSSR count). The first kappa shape index (κ1) is 23.0. The van der Waals surface area contributed by atoms with E-state index in [1.165, 1.54) is 5.56 Å². The van der Waals surface area contributed by atoms with Crippen LogP contribution in [0.1, 0.15) is 18.1 Å². The Labute approximate surface area is 175 Å². The number of hydrogen-bond acceptors (Lipinski definition) is 4. The van der Waals surface area contributed by atoms with Crippen molar-refractivity contribution in [2.45, 2.75) is 26.4 Å². The van der Waals surface area contributed by atoms with E-state index < -0.39 is 0 Å². The van der Waals surface area contributed by atoms with Crippen LogP contribution in [0.5, 0.6) is 5.75 Å². The summed E-state index contributed by atoms with van der Waals surface area (Å²) in [5.41, 5.74) is 2.33. The minimum atomic E-state index is 0. The molecule has 0 saturated carbocycles. The fourth-order valence-electron chi connectivity index (χ4n) is 3.03. The fraction of sp³-hybridized carbons (Fsp3) is 0.632. The Morgan fingerprint density at radius 1 is 1.23 bits per heavy atom. The molecule has 0 bridgehead atoms. The lowest BCUT2D eigenvalue weighted by Gasteiger charge is -2.36. The van der Waals surface area contributed by atoms with Crippen LogP contribution in [-0.2, 0) is 6.54 Å². The molecule has 1 saturated heterocycles. The maximum atomic E-state index is 5.47. The van der Waals surface area contributed by atoms with Gasteiger partial charge in [0.05, 0.1) is 7.11 Å². The minimum Gasteiger partial charge on any atom is -0.496 e. The van der Waals surface area contributed by atoms with Gasteiger partial charge in [0.25, 0.3) is 0 Å². The third-order valence-corrected chi connectivity index (χ3v) is 4.84. The van der Waals surface area contributed by atoms with Crippen molar-refractivity contribution in [3.05, 3.63) is 29.3 Å². The zero-order valence-electron chi connectivity index (χ0n) is 16.7. The predicted molar refractivity (Wildman–Crippen MR) is 120 cm³/mol. The number of hydrogen-bond donors (Lipinski definition) is 2. The van der Waals surface area contributed by atoms with Gasteiger partial charge >= 0.3 is 0 Å². The van der Waals surface area contributed by atoms with E-state index in [1.807, 2.05) is 7.05 Å². The van der Waals surface area contributed by atoms with Crippen molar-refractivity contribution < 1.29 is 4.74 Å². The first-order chi connectivity index (χ1) is 12.0. The number of piperazine rings is 1. The van der Waals surface area contributed by atoms with E-state index >= 15 is 0 Å². The van der Waals surface area contributed by atoms with Crippen molar-refractivity contribution in [2.24, 2.45) is 4.99 Å². The van der Waals surface area contributed by atoms with Crippen molar-refractivity contribution >= 4 is 29.9 Å². The molecular weight excluding hydrogens is 441 g/mol. The second-order valence-corrected chi connectivity index (χ2v) is 6.81. The lowest BCUT2D eigenvalue weighted by Crippen LogP contribution is -2.52. The van der Waals surface area contributed by atoms with E-state index in [0.717, 1.165) is 50.0 Å². The molecule has 0 spiro atoms. The number of guanidine groups is 1. The zero-order valence-corrected chi connectivity index (χ0v) is 19.0. The minimum absolute atomic E-state index is 0. The normalized spacial score (nSPS) is 17.3. The molecule has 0 aromatic heterocycles. The Balaban J connectivity index is 0.00000338. The second-order valence-electron chi connectivity index (χ2n) is 6.81. The summed E-state index contributed by atoms with van der Waals surface area (Å²) in [4.78, 5) is 9.24. The molecule has 7 heteroatoms. The van der Waals surface area contributed by atoms with Crippen molar-refractivity contribution in [2.75, 3.05) is 53.9 Å². The molecule has 26 heavy (non-hydrogen) atoms. The Morgan fingerprint density at radius 3 is 2.54 bits per heavy atom. The number of ether oxygens (including phenoxy) is 1. The monoisotopic (exact) mass is 475 g/mol. The molecule has 1 fully saturated rings. The first-order valence-electron chi connectivity index (χ1n) is 9.04. The summed E-state index contributed by atoms with van der Waals surface area (Å²) in [6.45, 7) is 10.5. The smallest absolute Gasteiger partial charge is 0.191 e. The zero-order chi connectivity index (χ0) is 18.2. The number of nitrogens with zero attached hydrogens (tertiary/aromatic N) is 3. The maximum absolute atomic E-state index is 5.47. The number of halogens is 1. The molecule has 1 aromatic carbocycles. The SMILES string of the molecule is CN=C(NCc1ccc(C)cc1OC)NCC(C)N1CCN(C)CC1.I. The average Bonchev–Trinajstić information content (AvgIpc) is 2.63. The van der Waals surface area contributed by atoms with Crippen molar-refractivity contribution in [1.82, 2.24) is 20.4 Å². The van der Waals surface area contributed by atoms with Gasteiger partial charge in [0.2, 0.25) is 0 Å². The van der Waals surface area contributed by atoms with Crippen molar-refractivity contribution in [3.8, 4) is 5.75 Å². The second kappa shape index (κ2) is 11.6. The molecule has 1 unspecified atom stereocenters. The number of benzene rings is 1. The standard InChI is InChI=1S/C19H33N5O.HI/c1-15-6-7-17(18(12-15)25-5)14-22-19(20-3)21-13-16(2)24-10-8-23(4)9-11-24;/h6-7,12,16H,8-11,13-14H2,1-5H3,(H2,20,21,22);1H. The van der Waals surface area contributed by atoms with E-state index in [9.17, 15) is 0 Å². The average molecular weight is 475 g/mol. The third-order valence-electron chi connectivity index (χ3n) is 4.84. The summed E-state index contributed by atoms with van der Waals surface area (Å²) in [6, 6.07) is 6.75. The third kappa shape index (κ3) is 6.92. The van der Waals surface area contributed by atoms with Crippen LogP contribution in [0.15, 0.2) is 23.2 Å². The van der Waals surface area contributed by atoms with Crippen molar-refractivity contribution in [3.63, 3.8) is 0 Å².